The summed E-state index contributed by atoms with van der Waals surface area (Å²) >= 11 is 0. The number of hydrogen-bond donors (Lipinski definition) is 1. The van der Waals surface area contributed by atoms with Crippen molar-refractivity contribution in [2.75, 3.05) is 25.9 Å². The minimum atomic E-state index is -4.39. The number of rotatable bonds is 2. The van der Waals surface area contributed by atoms with Crippen molar-refractivity contribution in [2.24, 2.45) is 4.99 Å². The van der Waals surface area contributed by atoms with Gasteiger partial charge in [-0.3, -0.25) is 4.99 Å². The standard InChI is InChI=1S/C16H22F3N3O2S/c1-15(2)11-22(7-8-25(15,23)24)14(20-3)21-10-12-5-4-6-13(9-12)16(17,18)19/h4-6,9H,7-8,10-11H2,1-3H3,(H,20,21). The Morgan fingerprint density at radius 3 is 2.60 bits per heavy atom. The van der Waals surface area contributed by atoms with Crippen molar-refractivity contribution in [1.82, 2.24) is 10.2 Å². The van der Waals surface area contributed by atoms with Crippen LogP contribution < -0.4 is 5.32 Å². The number of nitrogens with zero attached hydrogens (tertiary/aromatic N) is 2. The number of halogens is 3. The molecule has 9 heteroatoms. The van der Waals surface area contributed by atoms with Gasteiger partial charge in [0.15, 0.2) is 15.8 Å². The Morgan fingerprint density at radius 1 is 1.36 bits per heavy atom. The maximum Gasteiger partial charge on any atom is 0.416 e. The Balaban J connectivity index is 2.07. The van der Waals surface area contributed by atoms with Gasteiger partial charge in [-0.15, -0.1) is 0 Å². The molecular weight excluding hydrogens is 355 g/mol. The van der Waals surface area contributed by atoms with Crippen LogP contribution in [0.25, 0.3) is 0 Å². The van der Waals surface area contributed by atoms with Gasteiger partial charge in [0.2, 0.25) is 0 Å². The molecule has 1 heterocycles. The number of nitrogens with one attached hydrogen (secondary N) is 1. The van der Waals surface area contributed by atoms with Crippen molar-refractivity contribution in [1.29, 1.82) is 0 Å². The highest BCUT2D eigenvalue weighted by Gasteiger charge is 2.41. The molecule has 0 saturated carbocycles. The van der Waals surface area contributed by atoms with Crippen LogP contribution in [0.15, 0.2) is 29.3 Å². The second kappa shape index (κ2) is 6.86. The van der Waals surface area contributed by atoms with Gasteiger partial charge in [0.25, 0.3) is 0 Å². The van der Waals surface area contributed by atoms with E-state index in [4.69, 9.17) is 0 Å². The summed E-state index contributed by atoms with van der Waals surface area (Å²) in [6.07, 6.45) is -4.39. The third kappa shape index (κ3) is 4.45. The van der Waals surface area contributed by atoms with Crippen molar-refractivity contribution in [3.05, 3.63) is 35.4 Å². The lowest BCUT2D eigenvalue weighted by Crippen LogP contribution is -2.57. The SMILES string of the molecule is CN=C(NCc1cccc(C(F)(F)F)c1)N1CCS(=O)(=O)C(C)(C)C1. The van der Waals surface area contributed by atoms with E-state index in [-0.39, 0.29) is 18.8 Å². The molecule has 1 aliphatic rings. The zero-order valence-electron chi connectivity index (χ0n) is 14.4. The van der Waals surface area contributed by atoms with Gasteiger partial charge in [-0.05, 0) is 31.5 Å². The fraction of sp³-hybridized carbons (Fsp3) is 0.562. The first kappa shape index (κ1) is 19.6. The summed E-state index contributed by atoms with van der Waals surface area (Å²) in [5.74, 6) is 0.491. The topological polar surface area (TPSA) is 61.8 Å². The van der Waals surface area contributed by atoms with E-state index in [1.54, 1.807) is 27.0 Å². The van der Waals surface area contributed by atoms with Crippen LogP contribution >= 0.6 is 0 Å². The number of guanidine groups is 1. The molecule has 25 heavy (non-hydrogen) atoms. The molecule has 0 amide bonds. The Morgan fingerprint density at radius 2 is 2.04 bits per heavy atom. The monoisotopic (exact) mass is 377 g/mol. The lowest BCUT2D eigenvalue weighted by atomic mass is 10.1. The van der Waals surface area contributed by atoms with Crippen LogP contribution in [0.5, 0.6) is 0 Å². The molecule has 5 nitrogen and oxygen atoms in total. The highest BCUT2D eigenvalue weighted by molar-refractivity contribution is 7.92. The van der Waals surface area contributed by atoms with Crippen molar-refractivity contribution in [3.63, 3.8) is 0 Å². The van der Waals surface area contributed by atoms with Crippen LogP contribution in [-0.4, -0.2) is 49.9 Å². The predicted octanol–water partition coefficient (Wildman–Crippen LogP) is 2.29. The van der Waals surface area contributed by atoms with E-state index >= 15 is 0 Å². The summed E-state index contributed by atoms with van der Waals surface area (Å²) in [5.41, 5.74) is -0.230. The molecule has 0 aromatic heterocycles. The summed E-state index contributed by atoms with van der Waals surface area (Å²) in [6, 6.07) is 5.07. The van der Waals surface area contributed by atoms with Crippen LogP contribution in [0.3, 0.4) is 0 Å². The number of sulfone groups is 1. The first-order valence-electron chi connectivity index (χ1n) is 7.80. The first-order valence-corrected chi connectivity index (χ1v) is 9.45. The molecular formula is C16H22F3N3O2S. The highest BCUT2D eigenvalue weighted by atomic mass is 32.2. The molecule has 1 aromatic carbocycles. The quantitative estimate of drug-likeness (QED) is 0.635. The summed E-state index contributed by atoms with van der Waals surface area (Å²) in [5, 5.41) is 3.01. The van der Waals surface area contributed by atoms with E-state index < -0.39 is 26.3 Å². The number of benzene rings is 1. The maximum atomic E-state index is 12.8. The zero-order chi connectivity index (χ0) is 18.9. The van der Waals surface area contributed by atoms with Gasteiger partial charge in [-0.25, -0.2) is 8.42 Å². The van der Waals surface area contributed by atoms with Gasteiger partial charge in [-0.1, -0.05) is 12.1 Å². The molecule has 0 aliphatic carbocycles. The Hall–Kier alpha value is -1.77. The van der Waals surface area contributed by atoms with Crippen molar-refractivity contribution < 1.29 is 21.6 Å². The van der Waals surface area contributed by atoms with Gasteiger partial charge in [-0.2, -0.15) is 13.2 Å². The second-order valence-corrected chi connectivity index (χ2v) is 9.34. The lowest BCUT2D eigenvalue weighted by molar-refractivity contribution is -0.137. The van der Waals surface area contributed by atoms with Gasteiger partial charge in [0, 0.05) is 26.7 Å². The van der Waals surface area contributed by atoms with Crippen LogP contribution in [0, 0.1) is 0 Å². The van der Waals surface area contributed by atoms with Crippen LogP contribution in [-0.2, 0) is 22.6 Å². The van der Waals surface area contributed by atoms with Gasteiger partial charge in [0.1, 0.15) is 0 Å². The van der Waals surface area contributed by atoms with Crippen LogP contribution in [0.2, 0.25) is 0 Å². The van der Waals surface area contributed by atoms with E-state index in [0.29, 0.717) is 18.1 Å². The molecule has 140 valence electrons. The third-order valence-corrected chi connectivity index (χ3v) is 6.79. The molecule has 1 aliphatic heterocycles. The number of aliphatic imine (C=N–C) groups is 1. The summed E-state index contributed by atoms with van der Waals surface area (Å²) < 4.78 is 61.6. The van der Waals surface area contributed by atoms with E-state index in [0.717, 1.165) is 12.1 Å². The summed E-state index contributed by atoms with van der Waals surface area (Å²) in [6.45, 7) is 4.06. The lowest BCUT2D eigenvalue weighted by Gasteiger charge is -2.39. The van der Waals surface area contributed by atoms with Crippen molar-refractivity contribution >= 4 is 15.8 Å². The molecule has 0 spiro atoms. The van der Waals surface area contributed by atoms with E-state index in [2.05, 4.69) is 10.3 Å². The van der Waals surface area contributed by atoms with E-state index in [1.807, 2.05) is 4.90 Å². The average Bonchev–Trinajstić information content (AvgIpc) is 2.51. The highest BCUT2D eigenvalue weighted by Crippen LogP contribution is 2.29. The third-order valence-electron chi connectivity index (χ3n) is 4.26. The Kier molecular flexibility index (Phi) is 5.36. The number of alkyl halides is 3. The first-order chi connectivity index (χ1) is 11.5. The molecule has 1 aromatic rings. The molecule has 1 saturated heterocycles. The van der Waals surface area contributed by atoms with Gasteiger partial charge < -0.3 is 10.2 Å². The van der Waals surface area contributed by atoms with Crippen molar-refractivity contribution in [3.8, 4) is 0 Å². The smallest absolute Gasteiger partial charge is 0.352 e. The molecule has 0 bridgehead atoms. The largest absolute Gasteiger partial charge is 0.416 e. The predicted molar refractivity (Wildman–Crippen MR) is 91.1 cm³/mol. The van der Waals surface area contributed by atoms with Gasteiger partial charge in [0.05, 0.1) is 16.1 Å². The molecule has 1 N–H and O–H groups in total. The average molecular weight is 377 g/mol. The van der Waals surface area contributed by atoms with E-state index in [9.17, 15) is 21.6 Å². The van der Waals surface area contributed by atoms with Crippen LogP contribution in [0.4, 0.5) is 13.2 Å². The fourth-order valence-corrected chi connectivity index (χ4v) is 4.06. The normalized spacial score (nSPS) is 20.4. The minimum Gasteiger partial charge on any atom is -0.352 e. The Labute approximate surface area is 145 Å². The van der Waals surface area contributed by atoms with Gasteiger partial charge >= 0.3 is 6.18 Å². The molecule has 0 unspecified atom stereocenters. The number of hydrogen-bond acceptors (Lipinski definition) is 3. The Bertz CT molecular complexity index is 758. The summed E-state index contributed by atoms with van der Waals surface area (Å²) in [4.78, 5) is 5.94. The molecule has 2 rings (SSSR count). The van der Waals surface area contributed by atoms with Crippen molar-refractivity contribution in [2.45, 2.75) is 31.3 Å². The van der Waals surface area contributed by atoms with E-state index in [1.165, 1.54) is 6.07 Å². The molecule has 1 fully saturated rings. The maximum absolute atomic E-state index is 12.8. The molecule has 0 radical (unpaired) electrons. The second-order valence-electron chi connectivity index (χ2n) is 6.60. The fourth-order valence-electron chi connectivity index (χ4n) is 2.70. The molecule has 0 atom stereocenters. The zero-order valence-corrected chi connectivity index (χ0v) is 15.2. The minimum absolute atomic E-state index is 0.0181. The van der Waals surface area contributed by atoms with Crippen LogP contribution in [0.1, 0.15) is 25.0 Å². The summed E-state index contributed by atoms with van der Waals surface area (Å²) in [7, 11) is -1.61.